The van der Waals surface area contributed by atoms with Gasteiger partial charge in [0.25, 0.3) is 5.56 Å². The number of aromatic nitrogens is 2. The Balaban J connectivity index is 1.47. The summed E-state index contributed by atoms with van der Waals surface area (Å²) in [4.78, 5) is 51.7. The van der Waals surface area contributed by atoms with Gasteiger partial charge in [-0.3, -0.25) is 19.0 Å². The van der Waals surface area contributed by atoms with Crippen molar-refractivity contribution in [1.29, 1.82) is 0 Å². The van der Waals surface area contributed by atoms with E-state index in [4.69, 9.17) is 14.2 Å². The highest BCUT2D eigenvalue weighted by Gasteiger charge is 2.18. The van der Waals surface area contributed by atoms with Gasteiger partial charge in [0.05, 0.1) is 26.8 Å². The van der Waals surface area contributed by atoms with E-state index in [-0.39, 0.29) is 17.8 Å². The van der Waals surface area contributed by atoms with Gasteiger partial charge in [-0.05, 0) is 59.8 Å². The second-order valence-corrected chi connectivity index (χ2v) is 9.38. The van der Waals surface area contributed by atoms with E-state index in [2.05, 4.69) is 10.6 Å². The van der Waals surface area contributed by atoms with Crippen LogP contribution in [0.15, 0.2) is 63.5 Å². The molecule has 2 aromatic heterocycles. The average Bonchev–Trinajstić information content (AvgIpc) is 3.44. The zero-order valence-electron chi connectivity index (χ0n) is 21.7. The molecule has 0 aliphatic rings. The maximum Gasteiger partial charge on any atom is 0.332 e. The fourth-order valence-corrected chi connectivity index (χ4v) is 4.87. The number of hydrogen-bond acceptors (Lipinski definition) is 8. The van der Waals surface area contributed by atoms with Crippen LogP contribution in [0.25, 0.3) is 10.2 Å². The molecule has 2 amide bonds. The Morgan fingerprint density at radius 3 is 2.26 bits per heavy atom. The number of methoxy groups -OCH3 is 3. The smallest absolute Gasteiger partial charge is 0.332 e. The lowest BCUT2D eigenvalue weighted by Crippen LogP contribution is -2.44. The van der Waals surface area contributed by atoms with E-state index in [0.717, 1.165) is 21.5 Å². The molecule has 0 aliphatic heterocycles. The Morgan fingerprint density at radius 2 is 1.56 bits per heavy atom. The molecule has 2 heterocycles. The molecule has 11 nitrogen and oxygen atoms in total. The van der Waals surface area contributed by atoms with Crippen LogP contribution < -0.4 is 36.1 Å². The number of carbonyl (C=O) groups excluding carboxylic acids is 2. The standard InChI is InChI=1S/C27H28N4O7S/c1-36-19-7-5-18(6-8-19)29-24(33)16-30-20-11-13-39-25(20)26(34)31(27(30)35)15-23(32)28-12-10-17-4-9-21(37-2)22(14-17)38-3/h4-9,11,13-14H,10,12,15-16H2,1-3H3,(H,28,32)(H,29,33). The van der Waals surface area contributed by atoms with E-state index in [1.165, 1.54) is 4.57 Å². The number of ether oxygens (including phenoxy) is 3. The predicted octanol–water partition coefficient (Wildman–Crippen LogP) is 2.25. The Labute approximate surface area is 227 Å². The molecule has 4 aromatic rings. The normalized spacial score (nSPS) is 10.7. The third-order valence-corrected chi connectivity index (χ3v) is 6.89. The van der Waals surface area contributed by atoms with Gasteiger partial charge in [-0.25, -0.2) is 9.36 Å². The van der Waals surface area contributed by atoms with Crippen LogP contribution in [0.3, 0.4) is 0 Å². The minimum Gasteiger partial charge on any atom is -0.497 e. The lowest BCUT2D eigenvalue weighted by atomic mass is 10.1. The maximum atomic E-state index is 13.3. The van der Waals surface area contributed by atoms with Gasteiger partial charge in [0.15, 0.2) is 11.5 Å². The molecular weight excluding hydrogens is 524 g/mol. The summed E-state index contributed by atoms with van der Waals surface area (Å²) in [5.41, 5.74) is 0.454. The number of carbonyl (C=O) groups is 2. The van der Waals surface area contributed by atoms with E-state index in [9.17, 15) is 19.2 Å². The molecule has 0 radical (unpaired) electrons. The first-order valence-corrected chi connectivity index (χ1v) is 12.8. The highest BCUT2D eigenvalue weighted by Crippen LogP contribution is 2.27. The average molecular weight is 553 g/mol. The summed E-state index contributed by atoms with van der Waals surface area (Å²) in [6, 6.07) is 13.8. The van der Waals surface area contributed by atoms with Gasteiger partial charge in [-0.2, -0.15) is 0 Å². The van der Waals surface area contributed by atoms with Crippen molar-refractivity contribution < 1.29 is 23.8 Å². The maximum absolute atomic E-state index is 13.3. The predicted molar refractivity (Wildman–Crippen MR) is 148 cm³/mol. The van der Waals surface area contributed by atoms with E-state index >= 15 is 0 Å². The molecule has 2 aromatic carbocycles. The fraction of sp³-hybridized carbons (Fsp3) is 0.259. The summed E-state index contributed by atoms with van der Waals surface area (Å²) in [6.45, 7) is -0.528. The number of amides is 2. The second-order valence-electron chi connectivity index (χ2n) is 8.46. The van der Waals surface area contributed by atoms with Crippen molar-refractivity contribution in [2.24, 2.45) is 0 Å². The van der Waals surface area contributed by atoms with Crippen molar-refractivity contribution in [3.05, 3.63) is 80.3 Å². The minimum absolute atomic E-state index is 0.281. The van der Waals surface area contributed by atoms with Crippen molar-refractivity contribution in [1.82, 2.24) is 14.5 Å². The largest absolute Gasteiger partial charge is 0.497 e. The van der Waals surface area contributed by atoms with Gasteiger partial charge in [0, 0.05) is 12.2 Å². The van der Waals surface area contributed by atoms with Crippen LogP contribution in [-0.4, -0.2) is 48.8 Å². The van der Waals surface area contributed by atoms with Crippen molar-refractivity contribution in [3.8, 4) is 17.2 Å². The van der Waals surface area contributed by atoms with Crippen molar-refractivity contribution in [2.45, 2.75) is 19.5 Å². The molecule has 0 saturated heterocycles. The molecule has 4 rings (SSSR count). The molecule has 204 valence electrons. The van der Waals surface area contributed by atoms with Crippen molar-refractivity contribution in [3.63, 3.8) is 0 Å². The van der Waals surface area contributed by atoms with Gasteiger partial charge >= 0.3 is 5.69 Å². The molecule has 0 saturated carbocycles. The van der Waals surface area contributed by atoms with Gasteiger partial charge < -0.3 is 24.8 Å². The van der Waals surface area contributed by atoms with Crippen molar-refractivity contribution >= 4 is 39.1 Å². The molecule has 0 bridgehead atoms. The summed E-state index contributed by atoms with van der Waals surface area (Å²) in [5.74, 6) is 0.855. The van der Waals surface area contributed by atoms with E-state index < -0.39 is 29.6 Å². The summed E-state index contributed by atoms with van der Waals surface area (Å²) >= 11 is 1.14. The lowest BCUT2D eigenvalue weighted by Gasteiger charge is -2.13. The van der Waals surface area contributed by atoms with Gasteiger partial charge in [-0.15, -0.1) is 11.3 Å². The van der Waals surface area contributed by atoms with E-state index in [1.54, 1.807) is 63.1 Å². The van der Waals surface area contributed by atoms with Crippen LogP contribution in [0.2, 0.25) is 0 Å². The topological polar surface area (TPSA) is 130 Å². The third-order valence-electron chi connectivity index (χ3n) is 6.00. The zero-order valence-corrected chi connectivity index (χ0v) is 22.5. The van der Waals surface area contributed by atoms with Gasteiger partial charge in [0.2, 0.25) is 11.8 Å². The molecule has 39 heavy (non-hydrogen) atoms. The number of benzene rings is 2. The minimum atomic E-state index is -0.745. The molecule has 0 unspecified atom stereocenters. The molecule has 2 N–H and O–H groups in total. The first kappa shape index (κ1) is 27.5. The number of nitrogens with zero attached hydrogens (tertiary/aromatic N) is 2. The highest BCUT2D eigenvalue weighted by atomic mass is 32.1. The first-order chi connectivity index (χ1) is 18.8. The molecule has 0 aliphatic carbocycles. The Morgan fingerprint density at radius 1 is 0.846 bits per heavy atom. The van der Waals surface area contributed by atoms with E-state index in [0.29, 0.717) is 34.9 Å². The Bertz CT molecular complexity index is 1610. The molecule has 12 heteroatoms. The zero-order chi connectivity index (χ0) is 27.9. The number of hydrogen-bond donors (Lipinski definition) is 2. The lowest BCUT2D eigenvalue weighted by molar-refractivity contribution is -0.121. The fourth-order valence-electron chi connectivity index (χ4n) is 4.03. The van der Waals surface area contributed by atoms with Crippen molar-refractivity contribution in [2.75, 3.05) is 33.2 Å². The molecule has 0 spiro atoms. The quantitative estimate of drug-likeness (QED) is 0.292. The van der Waals surface area contributed by atoms with Crippen LogP contribution in [0, 0.1) is 0 Å². The second kappa shape index (κ2) is 12.3. The van der Waals surface area contributed by atoms with Crippen LogP contribution in [0.5, 0.6) is 17.2 Å². The van der Waals surface area contributed by atoms with Crippen LogP contribution >= 0.6 is 11.3 Å². The number of nitrogens with one attached hydrogen (secondary N) is 2. The number of rotatable bonds is 11. The first-order valence-electron chi connectivity index (χ1n) is 12.0. The number of anilines is 1. The molecule has 0 atom stereocenters. The summed E-state index contributed by atoms with van der Waals surface area (Å²) in [6.07, 6.45) is 0.501. The van der Waals surface area contributed by atoms with Crippen LogP contribution in [0.4, 0.5) is 5.69 Å². The third kappa shape index (κ3) is 6.29. The monoisotopic (exact) mass is 552 g/mol. The molecular formula is C27H28N4O7S. The Kier molecular flexibility index (Phi) is 8.67. The number of fused-ring (bicyclic) bond motifs is 1. The van der Waals surface area contributed by atoms with Crippen LogP contribution in [-0.2, 0) is 29.1 Å². The Hall–Kier alpha value is -4.58. The van der Waals surface area contributed by atoms with Gasteiger partial charge in [0.1, 0.15) is 23.5 Å². The summed E-state index contributed by atoms with van der Waals surface area (Å²) in [7, 11) is 4.63. The summed E-state index contributed by atoms with van der Waals surface area (Å²) in [5, 5.41) is 7.13. The van der Waals surface area contributed by atoms with E-state index in [1.807, 2.05) is 12.1 Å². The molecule has 0 fully saturated rings. The SMILES string of the molecule is COc1ccc(NC(=O)Cn2c(=O)n(CC(=O)NCCc3ccc(OC)c(OC)c3)c(=O)c3sccc32)cc1. The number of thiophene rings is 1. The highest BCUT2D eigenvalue weighted by molar-refractivity contribution is 7.17. The summed E-state index contributed by atoms with van der Waals surface area (Å²) < 4.78 is 18.0. The van der Waals surface area contributed by atoms with Gasteiger partial charge in [-0.1, -0.05) is 6.07 Å². The van der Waals surface area contributed by atoms with Crippen LogP contribution in [0.1, 0.15) is 5.56 Å².